The number of urea groups is 1. The molecule has 1 unspecified atom stereocenters. The van der Waals surface area contributed by atoms with E-state index in [2.05, 4.69) is 10.4 Å². The SMILES string of the molecule is Cc1cc(NC(=O)N2CCOC(c3ccc(Cl)c(Cl)c3)C2)n(C)n1. The fourth-order valence-electron chi connectivity index (χ4n) is 2.66. The van der Waals surface area contributed by atoms with Crippen molar-refractivity contribution in [1.82, 2.24) is 14.7 Å². The molecule has 0 spiro atoms. The summed E-state index contributed by atoms with van der Waals surface area (Å²) in [6.07, 6.45) is -0.229. The van der Waals surface area contributed by atoms with Crippen LogP contribution in [-0.2, 0) is 11.8 Å². The van der Waals surface area contributed by atoms with Crippen molar-refractivity contribution in [1.29, 1.82) is 0 Å². The van der Waals surface area contributed by atoms with Crippen LogP contribution >= 0.6 is 23.2 Å². The summed E-state index contributed by atoms with van der Waals surface area (Å²) in [5, 5.41) is 8.07. The molecule has 0 radical (unpaired) electrons. The van der Waals surface area contributed by atoms with Gasteiger partial charge in [-0.3, -0.25) is 10.00 Å². The number of nitrogens with zero attached hydrogens (tertiary/aromatic N) is 3. The topological polar surface area (TPSA) is 59.4 Å². The third kappa shape index (κ3) is 3.66. The molecule has 0 saturated carbocycles. The summed E-state index contributed by atoms with van der Waals surface area (Å²) in [6.45, 7) is 3.31. The number of rotatable bonds is 2. The molecule has 3 rings (SSSR count). The van der Waals surface area contributed by atoms with Gasteiger partial charge in [-0.15, -0.1) is 0 Å². The number of hydrogen-bond acceptors (Lipinski definition) is 3. The highest BCUT2D eigenvalue weighted by atomic mass is 35.5. The Morgan fingerprint density at radius 3 is 2.79 bits per heavy atom. The van der Waals surface area contributed by atoms with Gasteiger partial charge < -0.3 is 9.64 Å². The van der Waals surface area contributed by atoms with Crippen molar-refractivity contribution in [3.8, 4) is 0 Å². The first kappa shape index (κ1) is 17.1. The van der Waals surface area contributed by atoms with Gasteiger partial charge in [0.15, 0.2) is 0 Å². The molecule has 1 aliphatic heterocycles. The number of morpholine rings is 1. The molecule has 128 valence electrons. The first-order valence-corrected chi connectivity index (χ1v) is 8.33. The maximum absolute atomic E-state index is 12.5. The first-order valence-electron chi connectivity index (χ1n) is 7.57. The largest absolute Gasteiger partial charge is 0.370 e. The summed E-state index contributed by atoms with van der Waals surface area (Å²) in [6, 6.07) is 7.03. The third-order valence-corrected chi connectivity index (χ3v) is 4.65. The molecule has 1 fully saturated rings. The predicted octanol–water partition coefficient (Wildman–Crippen LogP) is 3.64. The number of hydrogen-bond donors (Lipinski definition) is 1. The van der Waals surface area contributed by atoms with Gasteiger partial charge in [-0.2, -0.15) is 5.10 Å². The summed E-state index contributed by atoms with van der Waals surface area (Å²) >= 11 is 12.0. The molecule has 1 aliphatic rings. The van der Waals surface area contributed by atoms with Crippen LogP contribution in [0.4, 0.5) is 10.6 Å². The van der Waals surface area contributed by atoms with E-state index in [1.54, 1.807) is 28.8 Å². The average molecular weight is 369 g/mol. The quantitative estimate of drug-likeness (QED) is 0.879. The van der Waals surface area contributed by atoms with Crippen LogP contribution in [0.25, 0.3) is 0 Å². The van der Waals surface area contributed by atoms with Gasteiger partial charge in [-0.25, -0.2) is 4.79 Å². The zero-order valence-electron chi connectivity index (χ0n) is 13.4. The van der Waals surface area contributed by atoms with Gasteiger partial charge in [0.1, 0.15) is 11.9 Å². The number of anilines is 1. The molecular weight excluding hydrogens is 351 g/mol. The summed E-state index contributed by atoms with van der Waals surface area (Å²) in [4.78, 5) is 14.2. The normalized spacial score (nSPS) is 17.8. The second-order valence-electron chi connectivity index (χ2n) is 5.70. The molecule has 1 aromatic heterocycles. The lowest BCUT2D eigenvalue weighted by Gasteiger charge is -2.33. The Balaban J connectivity index is 1.69. The van der Waals surface area contributed by atoms with Crippen molar-refractivity contribution in [3.63, 3.8) is 0 Å². The Bertz CT molecular complexity index is 763. The number of aromatic nitrogens is 2. The van der Waals surface area contributed by atoms with E-state index in [9.17, 15) is 4.79 Å². The predicted molar refractivity (Wildman–Crippen MR) is 93.7 cm³/mol. The van der Waals surface area contributed by atoms with E-state index < -0.39 is 0 Å². The van der Waals surface area contributed by atoms with Crippen molar-refractivity contribution in [2.75, 3.05) is 25.0 Å². The van der Waals surface area contributed by atoms with E-state index in [-0.39, 0.29) is 12.1 Å². The number of carbonyl (C=O) groups is 1. The number of nitrogens with one attached hydrogen (secondary N) is 1. The van der Waals surface area contributed by atoms with Crippen LogP contribution in [0, 0.1) is 6.92 Å². The molecule has 1 saturated heterocycles. The van der Waals surface area contributed by atoms with Crippen LogP contribution in [0.3, 0.4) is 0 Å². The molecule has 8 heteroatoms. The second-order valence-corrected chi connectivity index (χ2v) is 6.52. The van der Waals surface area contributed by atoms with Crippen molar-refractivity contribution in [2.45, 2.75) is 13.0 Å². The minimum Gasteiger partial charge on any atom is -0.370 e. The van der Waals surface area contributed by atoms with E-state index in [0.29, 0.717) is 35.6 Å². The number of amides is 2. The Kier molecular flexibility index (Phi) is 4.99. The molecule has 24 heavy (non-hydrogen) atoms. The zero-order chi connectivity index (χ0) is 17.3. The van der Waals surface area contributed by atoms with E-state index in [1.165, 1.54) is 0 Å². The van der Waals surface area contributed by atoms with Gasteiger partial charge in [0.2, 0.25) is 0 Å². The number of benzene rings is 1. The van der Waals surface area contributed by atoms with Crippen LogP contribution in [0.15, 0.2) is 24.3 Å². The first-order chi connectivity index (χ1) is 11.4. The number of aryl methyl sites for hydroxylation is 2. The van der Waals surface area contributed by atoms with Crippen LogP contribution in [0.5, 0.6) is 0 Å². The molecule has 0 bridgehead atoms. The maximum Gasteiger partial charge on any atom is 0.323 e. The molecule has 1 N–H and O–H groups in total. The number of carbonyl (C=O) groups excluding carboxylic acids is 1. The fourth-order valence-corrected chi connectivity index (χ4v) is 2.97. The average Bonchev–Trinajstić information content (AvgIpc) is 2.87. The maximum atomic E-state index is 12.5. The Hall–Kier alpha value is -1.76. The van der Waals surface area contributed by atoms with Gasteiger partial charge in [-0.05, 0) is 24.6 Å². The van der Waals surface area contributed by atoms with E-state index >= 15 is 0 Å². The lowest BCUT2D eigenvalue weighted by molar-refractivity contribution is -0.0135. The van der Waals surface area contributed by atoms with E-state index in [0.717, 1.165) is 11.3 Å². The van der Waals surface area contributed by atoms with E-state index in [1.807, 2.05) is 19.1 Å². The lowest BCUT2D eigenvalue weighted by Crippen LogP contribution is -2.44. The molecule has 0 aliphatic carbocycles. The summed E-state index contributed by atoms with van der Waals surface area (Å²) in [5.41, 5.74) is 1.75. The highest BCUT2D eigenvalue weighted by Gasteiger charge is 2.26. The summed E-state index contributed by atoms with van der Waals surface area (Å²) in [7, 11) is 1.79. The molecule has 2 heterocycles. The third-order valence-electron chi connectivity index (χ3n) is 3.91. The fraction of sp³-hybridized carbons (Fsp3) is 0.375. The molecule has 2 aromatic rings. The van der Waals surface area contributed by atoms with Gasteiger partial charge >= 0.3 is 6.03 Å². The smallest absolute Gasteiger partial charge is 0.323 e. The highest BCUT2D eigenvalue weighted by Crippen LogP contribution is 2.29. The summed E-state index contributed by atoms with van der Waals surface area (Å²) < 4.78 is 7.42. The van der Waals surface area contributed by atoms with Gasteiger partial charge in [0, 0.05) is 19.7 Å². The monoisotopic (exact) mass is 368 g/mol. The van der Waals surface area contributed by atoms with Crippen LogP contribution < -0.4 is 5.32 Å². The summed E-state index contributed by atoms with van der Waals surface area (Å²) in [5.74, 6) is 0.662. The molecule has 1 atom stereocenters. The Morgan fingerprint density at radius 1 is 1.33 bits per heavy atom. The number of ether oxygens (including phenoxy) is 1. The Labute approximate surface area is 150 Å². The zero-order valence-corrected chi connectivity index (χ0v) is 14.9. The van der Waals surface area contributed by atoms with Crippen LogP contribution in [0.2, 0.25) is 10.0 Å². The van der Waals surface area contributed by atoms with Crippen LogP contribution in [0.1, 0.15) is 17.4 Å². The minimum absolute atomic E-state index is 0.175. The van der Waals surface area contributed by atoms with Crippen molar-refractivity contribution in [3.05, 3.63) is 45.6 Å². The van der Waals surface area contributed by atoms with E-state index in [4.69, 9.17) is 27.9 Å². The van der Waals surface area contributed by atoms with Gasteiger partial charge in [0.25, 0.3) is 0 Å². The number of halogens is 2. The minimum atomic E-state index is -0.229. The second kappa shape index (κ2) is 7.01. The lowest BCUT2D eigenvalue weighted by atomic mass is 10.1. The van der Waals surface area contributed by atoms with Gasteiger partial charge in [0.05, 0.1) is 28.9 Å². The van der Waals surface area contributed by atoms with Crippen LogP contribution in [-0.4, -0.2) is 40.4 Å². The highest BCUT2D eigenvalue weighted by molar-refractivity contribution is 6.42. The van der Waals surface area contributed by atoms with Crippen molar-refractivity contribution >= 4 is 35.1 Å². The van der Waals surface area contributed by atoms with Crippen molar-refractivity contribution < 1.29 is 9.53 Å². The molecular formula is C16H18Cl2N4O2. The van der Waals surface area contributed by atoms with Gasteiger partial charge in [-0.1, -0.05) is 29.3 Å². The molecule has 1 aromatic carbocycles. The molecule has 6 nitrogen and oxygen atoms in total. The molecule has 2 amide bonds. The van der Waals surface area contributed by atoms with Crippen molar-refractivity contribution in [2.24, 2.45) is 7.05 Å². The Morgan fingerprint density at radius 2 is 2.12 bits per heavy atom. The standard InChI is InChI=1S/C16H18Cl2N4O2/c1-10-7-15(21(2)20-10)19-16(23)22-5-6-24-14(9-22)11-3-4-12(17)13(18)8-11/h3-4,7-8,14H,5-6,9H2,1-2H3,(H,19,23).